The van der Waals surface area contributed by atoms with Crippen molar-refractivity contribution < 1.29 is 9.47 Å². The molecule has 0 bridgehead atoms. The van der Waals surface area contributed by atoms with Crippen molar-refractivity contribution in [1.82, 2.24) is 9.78 Å². The van der Waals surface area contributed by atoms with Crippen LogP contribution >= 0.6 is 0 Å². The molecule has 0 unspecified atom stereocenters. The lowest BCUT2D eigenvalue weighted by atomic mass is 9.96. The van der Waals surface area contributed by atoms with Crippen molar-refractivity contribution in [3.05, 3.63) is 65.9 Å². The highest BCUT2D eigenvalue weighted by molar-refractivity contribution is 5.65. The summed E-state index contributed by atoms with van der Waals surface area (Å²) >= 11 is 0. The van der Waals surface area contributed by atoms with Gasteiger partial charge in [-0.1, -0.05) is 30.3 Å². The minimum Gasteiger partial charge on any atom is -0.490 e. The molecular formula is C25H30N2O2. The first-order chi connectivity index (χ1) is 13.9. The Morgan fingerprint density at radius 2 is 1.83 bits per heavy atom. The van der Waals surface area contributed by atoms with Crippen molar-refractivity contribution in [2.24, 2.45) is 0 Å². The molecular weight excluding hydrogens is 360 g/mol. The molecule has 1 fully saturated rings. The summed E-state index contributed by atoms with van der Waals surface area (Å²) < 4.78 is 14.1. The second-order valence-electron chi connectivity index (χ2n) is 8.82. The van der Waals surface area contributed by atoms with Gasteiger partial charge in [-0.3, -0.25) is 0 Å². The monoisotopic (exact) mass is 390 g/mol. The van der Waals surface area contributed by atoms with Gasteiger partial charge in [-0.15, -0.1) is 0 Å². The molecule has 1 aliphatic carbocycles. The summed E-state index contributed by atoms with van der Waals surface area (Å²) in [5.41, 5.74) is 5.12. The molecule has 1 aromatic heterocycles. The van der Waals surface area contributed by atoms with Gasteiger partial charge in [0.2, 0.25) is 0 Å². The van der Waals surface area contributed by atoms with Crippen LogP contribution in [0.4, 0.5) is 0 Å². The van der Waals surface area contributed by atoms with Crippen molar-refractivity contribution in [2.75, 3.05) is 0 Å². The molecule has 0 atom stereocenters. The molecule has 0 amide bonds. The van der Waals surface area contributed by atoms with Crippen LogP contribution in [0.3, 0.4) is 0 Å². The van der Waals surface area contributed by atoms with Crippen LogP contribution < -0.4 is 4.74 Å². The summed E-state index contributed by atoms with van der Waals surface area (Å²) in [5.74, 6) is 0.928. The number of hydrogen-bond acceptors (Lipinski definition) is 3. The van der Waals surface area contributed by atoms with Gasteiger partial charge in [0, 0.05) is 5.56 Å². The van der Waals surface area contributed by atoms with Gasteiger partial charge in [0.15, 0.2) is 0 Å². The quantitative estimate of drug-likeness (QED) is 0.511. The third-order valence-corrected chi connectivity index (χ3v) is 5.24. The van der Waals surface area contributed by atoms with Crippen molar-refractivity contribution in [3.63, 3.8) is 0 Å². The molecule has 3 aromatic rings. The lowest BCUT2D eigenvalue weighted by molar-refractivity contribution is -0.0165. The lowest BCUT2D eigenvalue weighted by Gasteiger charge is -2.26. The molecule has 0 N–H and O–H groups in total. The van der Waals surface area contributed by atoms with Crippen LogP contribution in [-0.4, -0.2) is 21.5 Å². The smallest absolute Gasteiger partial charge is 0.120 e. The first-order valence-corrected chi connectivity index (χ1v) is 10.4. The standard InChI is InChI=1S/C25H30N2O2/c1-18-9-5-6-14-23(18)27-24(16-20(26-27)17-28-25(2,3)4)19-10-7-13-22(15-19)29-21-11-8-12-21/h5-7,9-10,13-16,21H,8,11-12,17H2,1-4H3. The minimum absolute atomic E-state index is 0.205. The predicted molar refractivity (Wildman–Crippen MR) is 117 cm³/mol. The Balaban J connectivity index is 1.71. The SMILES string of the molecule is Cc1ccccc1-n1nc(COC(C)(C)C)cc1-c1cccc(OC2CCC2)c1. The fourth-order valence-electron chi connectivity index (χ4n) is 3.39. The number of nitrogens with zero attached hydrogens (tertiary/aromatic N) is 2. The molecule has 1 aliphatic rings. The highest BCUT2D eigenvalue weighted by Crippen LogP contribution is 2.31. The molecule has 0 radical (unpaired) electrons. The van der Waals surface area contributed by atoms with Gasteiger partial charge in [-0.2, -0.15) is 5.10 Å². The van der Waals surface area contributed by atoms with E-state index < -0.39 is 0 Å². The summed E-state index contributed by atoms with van der Waals surface area (Å²) in [6.07, 6.45) is 3.93. The van der Waals surface area contributed by atoms with Crippen LogP contribution in [0.25, 0.3) is 16.9 Å². The Morgan fingerprint density at radius 3 is 2.52 bits per heavy atom. The fourth-order valence-corrected chi connectivity index (χ4v) is 3.39. The average Bonchev–Trinajstić information content (AvgIpc) is 3.07. The Labute approximate surface area is 173 Å². The number of hydrogen-bond donors (Lipinski definition) is 0. The Morgan fingerprint density at radius 1 is 1.03 bits per heavy atom. The summed E-state index contributed by atoms with van der Waals surface area (Å²) in [6, 6.07) is 18.8. The molecule has 4 nitrogen and oxygen atoms in total. The molecule has 1 heterocycles. The molecule has 1 saturated carbocycles. The summed E-state index contributed by atoms with van der Waals surface area (Å²) in [7, 11) is 0. The maximum Gasteiger partial charge on any atom is 0.120 e. The molecule has 0 spiro atoms. The summed E-state index contributed by atoms with van der Waals surface area (Å²) in [6.45, 7) is 8.78. The van der Waals surface area contributed by atoms with Crippen LogP contribution in [-0.2, 0) is 11.3 Å². The average molecular weight is 391 g/mol. The number of benzene rings is 2. The fraction of sp³-hybridized carbons (Fsp3) is 0.400. The van der Waals surface area contributed by atoms with Crippen LogP contribution in [0, 0.1) is 6.92 Å². The Bertz CT molecular complexity index is 980. The van der Waals surface area contributed by atoms with Gasteiger partial charge in [-0.25, -0.2) is 4.68 Å². The number of rotatable bonds is 6. The number of aromatic nitrogens is 2. The third-order valence-electron chi connectivity index (χ3n) is 5.24. The Kier molecular flexibility index (Phi) is 5.46. The van der Waals surface area contributed by atoms with Gasteiger partial charge in [0.25, 0.3) is 0 Å². The third kappa shape index (κ3) is 4.70. The number of para-hydroxylation sites is 1. The van der Waals surface area contributed by atoms with Crippen molar-refractivity contribution in [2.45, 2.75) is 65.3 Å². The molecule has 4 rings (SSSR count). The van der Waals surface area contributed by atoms with Crippen LogP contribution in [0.1, 0.15) is 51.3 Å². The normalized spacial score (nSPS) is 14.6. The summed E-state index contributed by atoms with van der Waals surface area (Å²) in [4.78, 5) is 0. The molecule has 0 saturated heterocycles. The second kappa shape index (κ2) is 8.03. The van der Waals surface area contributed by atoms with Gasteiger partial charge in [0.1, 0.15) is 5.75 Å². The molecule has 0 aliphatic heterocycles. The first-order valence-electron chi connectivity index (χ1n) is 10.4. The van der Waals surface area contributed by atoms with Gasteiger partial charge in [0.05, 0.1) is 35.4 Å². The van der Waals surface area contributed by atoms with E-state index in [-0.39, 0.29) is 5.60 Å². The van der Waals surface area contributed by atoms with E-state index in [1.807, 2.05) is 10.7 Å². The van der Waals surface area contributed by atoms with E-state index in [1.54, 1.807) is 0 Å². The maximum atomic E-state index is 6.13. The van der Waals surface area contributed by atoms with Crippen molar-refractivity contribution >= 4 is 0 Å². The number of ether oxygens (including phenoxy) is 2. The first kappa shape index (κ1) is 19.7. The molecule has 4 heteroatoms. The van der Waals surface area contributed by atoms with Crippen LogP contribution in [0.2, 0.25) is 0 Å². The zero-order valence-electron chi connectivity index (χ0n) is 17.8. The molecule has 29 heavy (non-hydrogen) atoms. The zero-order valence-corrected chi connectivity index (χ0v) is 17.8. The van der Waals surface area contributed by atoms with Gasteiger partial charge >= 0.3 is 0 Å². The minimum atomic E-state index is -0.205. The lowest BCUT2D eigenvalue weighted by Crippen LogP contribution is -2.24. The molecule has 152 valence electrons. The van der Waals surface area contributed by atoms with E-state index >= 15 is 0 Å². The topological polar surface area (TPSA) is 36.3 Å². The van der Waals surface area contributed by atoms with E-state index in [4.69, 9.17) is 14.6 Å². The van der Waals surface area contributed by atoms with E-state index in [0.717, 1.165) is 41.2 Å². The summed E-state index contributed by atoms with van der Waals surface area (Å²) in [5, 5.41) is 4.89. The van der Waals surface area contributed by atoms with E-state index in [9.17, 15) is 0 Å². The van der Waals surface area contributed by atoms with Gasteiger partial charge in [-0.05, 0) is 76.8 Å². The molecule has 2 aromatic carbocycles. The van der Waals surface area contributed by atoms with Crippen LogP contribution in [0.5, 0.6) is 5.75 Å². The maximum absolute atomic E-state index is 6.13. The Hall–Kier alpha value is -2.59. The predicted octanol–water partition coefficient (Wildman–Crippen LogP) is 6.09. The van der Waals surface area contributed by atoms with Crippen molar-refractivity contribution in [1.29, 1.82) is 0 Å². The van der Waals surface area contributed by atoms with Gasteiger partial charge < -0.3 is 9.47 Å². The van der Waals surface area contributed by atoms with E-state index in [2.05, 4.69) is 76.2 Å². The number of aryl methyl sites for hydroxylation is 1. The highest BCUT2D eigenvalue weighted by atomic mass is 16.5. The largest absolute Gasteiger partial charge is 0.490 e. The second-order valence-corrected chi connectivity index (χ2v) is 8.82. The van der Waals surface area contributed by atoms with Crippen molar-refractivity contribution in [3.8, 4) is 22.7 Å². The van der Waals surface area contributed by atoms with E-state index in [0.29, 0.717) is 12.7 Å². The van der Waals surface area contributed by atoms with E-state index in [1.165, 1.54) is 12.0 Å². The highest BCUT2D eigenvalue weighted by Gasteiger charge is 2.20. The van der Waals surface area contributed by atoms with Crippen LogP contribution in [0.15, 0.2) is 54.6 Å². The zero-order chi connectivity index (χ0) is 20.4.